The Morgan fingerprint density at radius 3 is 2.75 bits per heavy atom. The molecule has 2 saturated heterocycles. The SMILES string of the molecule is CN1CC2(COCCN(Cc3cccc(C(F)(F)F)c3)C2)CC1=O. The summed E-state index contributed by atoms with van der Waals surface area (Å²) in [6, 6.07) is 5.43. The van der Waals surface area contributed by atoms with Crippen LogP contribution in [0.5, 0.6) is 0 Å². The van der Waals surface area contributed by atoms with E-state index in [9.17, 15) is 18.0 Å². The fourth-order valence-corrected chi connectivity index (χ4v) is 3.63. The second-order valence-electron chi connectivity index (χ2n) is 6.89. The summed E-state index contributed by atoms with van der Waals surface area (Å²) in [4.78, 5) is 15.7. The van der Waals surface area contributed by atoms with Crippen molar-refractivity contribution in [3.05, 3.63) is 35.4 Å². The van der Waals surface area contributed by atoms with Crippen LogP contribution in [0.3, 0.4) is 0 Å². The number of amides is 1. The second kappa shape index (κ2) is 6.37. The van der Waals surface area contributed by atoms with Crippen molar-refractivity contribution >= 4 is 5.91 Å². The lowest BCUT2D eigenvalue weighted by Crippen LogP contribution is -2.40. The molecule has 24 heavy (non-hydrogen) atoms. The highest BCUT2D eigenvalue weighted by Crippen LogP contribution is 2.34. The molecule has 1 amide bonds. The molecule has 1 aromatic rings. The van der Waals surface area contributed by atoms with Crippen molar-refractivity contribution in [1.29, 1.82) is 0 Å². The number of likely N-dealkylation sites (tertiary alicyclic amines) is 1. The largest absolute Gasteiger partial charge is 0.416 e. The van der Waals surface area contributed by atoms with Crippen LogP contribution in [-0.2, 0) is 22.3 Å². The van der Waals surface area contributed by atoms with Crippen LogP contribution in [0.15, 0.2) is 24.3 Å². The lowest BCUT2D eigenvalue weighted by Gasteiger charge is -2.31. The standard InChI is InChI=1S/C17H21F3N2O2/c1-21-10-16(8-15(21)23)11-22(5-6-24-12-16)9-13-3-2-4-14(7-13)17(18,19)20/h2-4,7H,5-6,8-12H2,1H3. The highest BCUT2D eigenvalue weighted by Gasteiger charge is 2.44. The van der Waals surface area contributed by atoms with Crippen molar-refractivity contribution in [3.8, 4) is 0 Å². The molecule has 7 heteroatoms. The zero-order chi connectivity index (χ0) is 17.4. The maximum Gasteiger partial charge on any atom is 0.416 e. The summed E-state index contributed by atoms with van der Waals surface area (Å²) in [7, 11) is 1.78. The summed E-state index contributed by atoms with van der Waals surface area (Å²) < 4.78 is 44.3. The first kappa shape index (κ1) is 17.2. The van der Waals surface area contributed by atoms with Crippen molar-refractivity contribution in [3.63, 3.8) is 0 Å². The van der Waals surface area contributed by atoms with Gasteiger partial charge in [-0.25, -0.2) is 0 Å². The first-order valence-corrected chi connectivity index (χ1v) is 7.98. The maximum absolute atomic E-state index is 12.9. The number of ether oxygens (including phenoxy) is 1. The molecule has 0 bridgehead atoms. The van der Waals surface area contributed by atoms with Gasteiger partial charge in [-0.2, -0.15) is 13.2 Å². The van der Waals surface area contributed by atoms with E-state index in [0.717, 1.165) is 6.07 Å². The Balaban J connectivity index is 1.74. The summed E-state index contributed by atoms with van der Waals surface area (Å²) in [5.41, 5.74) is -0.264. The molecule has 0 aromatic heterocycles. The summed E-state index contributed by atoms with van der Waals surface area (Å²) in [5, 5.41) is 0. The molecule has 0 saturated carbocycles. The first-order valence-electron chi connectivity index (χ1n) is 7.98. The summed E-state index contributed by atoms with van der Waals surface area (Å²) in [5.74, 6) is 0.0968. The molecular formula is C17H21F3N2O2. The van der Waals surface area contributed by atoms with Crippen LogP contribution in [0.4, 0.5) is 13.2 Å². The fourth-order valence-electron chi connectivity index (χ4n) is 3.63. The van der Waals surface area contributed by atoms with Gasteiger partial charge >= 0.3 is 6.18 Å². The number of alkyl halides is 3. The zero-order valence-corrected chi connectivity index (χ0v) is 13.6. The molecule has 2 aliphatic heterocycles. The number of nitrogens with zero attached hydrogens (tertiary/aromatic N) is 2. The Bertz CT molecular complexity index is 620. The molecule has 1 aromatic carbocycles. The van der Waals surface area contributed by atoms with E-state index in [4.69, 9.17) is 4.74 Å². The Hall–Kier alpha value is -1.60. The average Bonchev–Trinajstić information content (AvgIpc) is 2.66. The van der Waals surface area contributed by atoms with Gasteiger partial charge in [0.2, 0.25) is 5.91 Å². The van der Waals surface area contributed by atoms with E-state index in [0.29, 0.717) is 51.4 Å². The third-order valence-electron chi connectivity index (χ3n) is 4.70. The molecule has 1 spiro atoms. The lowest BCUT2D eigenvalue weighted by atomic mass is 9.87. The van der Waals surface area contributed by atoms with E-state index in [1.165, 1.54) is 12.1 Å². The normalized spacial score (nSPS) is 26.2. The molecule has 0 radical (unpaired) electrons. The summed E-state index contributed by atoms with van der Waals surface area (Å²) in [6.45, 7) is 3.40. The molecule has 132 valence electrons. The summed E-state index contributed by atoms with van der Waals surface area (Å²) in [6.07, 6.45) is -3.90. The molecule has 2 fully saturated rings. The number of carbonyl (C=O) groups is 1. The number of hydrogen-bond donors (Lipinski definition) is 0. The van der Waals surface area contributed by atoms with Gasteiger partial charge in [-0.05, 0) is 11.6 Å². The van der Waals surface area contributed by atoms with Crippen molar-refractivity contribution in [2.24, 2.45) is 5.41 Å². The number of hydrogen-bond acceptors (Lipinski definition) is 3. The van der Waals surface area contributed by atoms with Crippen LogP contribution in [0.25, 0.3) is 0 Å². The smallest absolute Gasteiger partial charge is 0.379 e. The number of benzene rings is 1. The number of halogens is 3. The molecule has 0 N–H and O–H groups in total. The molecular weight excluding hydrogens is 321 g/mol. The van der Waals surface area contributed by atoms with E-state index >= 15 is 0 Å². The van der Waals surface area contributed by atoms with Gasteiger partial charge < -0.3 is 9.64 Å². The minimum absolute atomic E-state index is 0.0968. The van der Waals surface area contributed by atoms with E-state index in [-0.39, 0.29) is 11.3 Å². The van der Waals surface area contributed by atoms with Gasteiger partial charge in [0.25, 0.3) is 0 Å². The highest BCUT2D eigenvalue weighted by atomic mass is 19.4. The molecule has 1 atom stereocenters. The predicted octanol–water partition coefficient (Wildman–Crippen LogP) is 2.39. The van der Waals surface area contributed by atoms with Crippen molar-refractivity contribution in [2.75, 3.05) is 39.9 Å². The van der Waals surface area contributed by atoms with E-state index < -0.39 is 11.7 Å². The number of carbonyl (C=O) groups excluding carboxylic acids is 1. The minimum Gasteiger partial charge on any atom is -0.379 e. The third-order valence-corrected chi connectivity index (χ3v) is 4.70. The first-order chi connectivity index (χ1) is 11.3. The van der Waals surface area contributed by atoms with Crippen molar-refractivity contribution in [2.45, 2.75) is 19.1 Å². The van der Waals surface area contributed by atoms with Gasteiger partial charge in [0.1, 0.15) is 0 Å². The van der Waals surface area contributed by atoms with Crippen LogP contribution in [0.2, 0.25) is 0 Å². The van der Waals surface area contributed by atoms with Gasteiger partial charge in [0, 0.05) is 45.1 Å². The molecule has 2 heterocycles. The maximum atomic E-state index is 12.9. The Labute approximate surface area is 139 Å². The van der Waals surface area contributed by atoms with Crippen LogP contribution >= 0.6 is 0 Å². The topological polar surface area (TPSA) is 32.8 Å². The molecule has 2 aliphatic rings. The molecule has 0 aliphatic carbocycles. The number of rotatable bonds is 2. The lowest BCUT2D eigenvalue weighted by molar-refractivity contribution is -0.137. The van der Waals surface area contributed by atoms with Crippen LogP contribution in [-0.4, -0.2) is 55.6 Å². The van der Waals surface area contributed by atoms with Crippen LogP contribution in [0, 0.1) is 5.41 Å². The van der Waals surface area contributed by atoms with Gasteiger partial charge in [-0.15, -0.1) is 0 Å². The Kier molecular flexibility index (Phi) is 4.57. The Morgan fingerprint density at radius 1 is 1.29 bits per heavy atom. The minimum atomic E-state index is -4.33. The van der Waals surface area contributed by atoms with E-state index in [1.807, 2.05) is 0 Å². The summed E-state index contributed by atoms with van der Waals surface area (Å²) >= 11 is 0. The van der Waals surface area contributed by atoms with Gasteiger partial charge in [0.05, 0.1) is 18.8 Å². The van der Waals surface area contributed by atoms with Gasteiger partial charge in [-0.1, -0.05) is 18.2 Å². The molecule has 3 rings (SSSR count). The third kappa shape index (κ3) is 3.72. The van der Waals surface area contributed by atoms with Crippen molar-refractivity contribution in [1.82, 2.24) is 9.80 Å². The van der Waals surface area contributed by atoms with Crippen LogP contribution in [0.1, 0.15) is 17.5 Å². The fraction of sp³-hybridized carbons (Fsp3) is 0.588. The van der Waals surface area contributed by atoms with Gasteiger partial charge in [0.15, 0.2) is 0 Å². The van der Waals surface area contributed by atoms with E-state index in [2.05, 4.69) is 4.90 Å². The molecule has 4 nitrogen and oxygen atoms in total. The van der Waals surface area contributed by atoms with E-state index in [1.54, 1.807) is 18.0 Å². The zero-order valence-electron chi connectivity index (χ0n) is 13.6. The highest BCUT2D eigenvalue weighted by molar-refractivity contribution is 5.79. The van der Waals surface area contributed by atoms with Crippen LogP contribution < -0.4 is 0 Å². The quantitative estimate of drug-likeness (QED) is 0.827. The monoisotopic (exact) mass is 342 g/mol. The average molecular weight is 342 g/mol. The van der Waals surface area contributed by atoms with Crippen molar-refractivity contribution < 1.29 is 22.7 Å². The second-order valence-corrected chi connectivity index (χ2v) is 6.89. The predicted molar refractivity (Wildman–Crippen MR) is 82.2 cm³/mol. The van der Waals surface area contributed by atoms with Gasteiger partial charge in [-0.3, -0.25) is 9.69 Å². The Morgan fingerprint density at radius 2 is 2.08 bits per heavy atom. The molecule has 1 unspecified atom stereocenters.